The topological polar surface area (TPSA) is 179 Å². The van der Waals surface area contributed by atoms with Gasteiger partial charge in [0.2, 0.25) is 12.2 Å². The van der Waals surface area contributed by atoms with E-state index in [1.165, 1.54) is 13.8 Å². The molecule has 2 heterocycles. The summed E-state index contributed by atoms with van der Waals surface area (Å²) >= 11 is 0. The first-order valence-corrected chi connectivity index (χ1v) is 25.2. The number of quaternary nitrogens is 2. The Hall–Kier alpha value is -5.46. The van der Waals surface area contributed by atoms with Gasteiger partial charge in [-0.15, -0.1) is 0 Å². The van der Waals surface area contributed by atoms with Crippen LogP contribution in [0.2, 0.25) is 0 Å². The highest BCUT2D eigenvalue weighted by Crippen LogP contribution is 2.45. The number of halogens is 2. The van der Waals surface area contributed by atoms with Gasteiger partial charge in [0, 0.05) is 50.7 Å². The standard InChI is InChI=1S/C57H76N2O16.2HI/c1-36(60)74-54(34-58(3)22-20-40-30-50(68-9)52(70-11)32-42(40)44(58)26-38-16-18-46(64-5)48(28-38)66-7)56(62)72-24-14-13-15-25-73-57(63)55(75-37(2)61)35-59(4)23-21-41-31-51(69-10)53(71-12)33-43(41)45(59)27-39-17-19-47(65-6)49(29-39)67-8;;/h16-19,28-33,44-45,54-55H,13-15,20-27,34-35H2,1-12H3;2*1H/q+2;;/p-2. The molecule has 0 radical (unpaired) electrons. The zero-order valence-electron chi connectivity index (χ0n) is 46.5. The summed E-state index contributed by atoms with van der Waals surface area (Å²) in [6, 6.07) is 19.2. The molecule has 0 aliphatic carbocycles. The van der Waals surface area contributed by atoms with Crippen molar-refractivity contribution >= 4 is 23.9 Å². The second-order valence-corrected chi connectivity index (χ2v) is 19.5. The van der Waals surface area contributed by atoms with E-state index in [4.69, 9.17) is 56.8 Å². The highest BCUT2D eigenvalue weighted by atomic mass is 127. The number of fused-ring (bicyclic) bond motifs is 2. The van der Waals surface area contributed by atoms with Gasteiger partial charge in [-0.2, -0.15) is 0 Å². The maximum atomic E-state index is 13.9. The third-order valence-corrected chi connectivity index (χ3v) is 14.6. The number of carbonyl (C=O) groups is 4. The average Bonchev–Trinajstić information content (AvgIpc) is 3.40. The van der Waals surface area contributed by atoms with Crippen molar-refractivity contribution < 1.29 is 133 Å². The van der Waals surface area contributed by atoms with Gasteiger partial charge in [0.15, 0.2) is 46.0 Å². The van der Waals surface area contributed by atoms with E-state index in [0.29, 0.717) is 113 Å². The lowest BCUT2D eigenvalue weighted by Crippen LogP contribution is -3.00. The number of benzene rings is 4. The average molecular weight is 1300 g/mol. The Kier molecular flexibility index (Phi) is 24.5. The maximum Gasteiger partial charge on any atom is 0.353 e. The van der Waals surface area contributed by atoms with Gasteiger partial charge >= 0.3 is 23.9 Å². The van der Waals surface area contributed by atoms with Crippen molar-refractivity contribution in [3.05, 3.63) is 94.0 Å². The molecule has 6 rings (SSSR count). The molecule has 6 unspecified atom stereocenters. The lowest BCUT2D eigenvalue weighted by molar-refractivity contribution is -0.943. The van der Waals surface area contributed by atoms with E-state index in [9.17, 15) is 19.2 Å². The van der Waals surface area contributed by atoms with Gasteiger partial charge in [-0.3, -0.25) is 9.59 Å². The van der Waals surface area contributed by atoms with Crippen LogP contribution in [0.1, 0.15) is 78.6 Å². The summed E-state index contributed by atoms with van der Waals surface area (Å²) in [7, 11) is 16.9. The van der Waals surface area contributed by atoms with Gasteiger partial charge in [0.25, 0.3) is 0 Å². The Morgan fingerprint density at radius 1 is 0.468 bits per heavy atom. The lowest BCUT2D eigenvalue weighted by atomic mass is 9.86. The summed E-state index contributed by atoms with van der Waals surface area (Å²) in [6.07, 6.45) is 1.50. The predicted molar refractivity (Wildman–Crippen MR) is 277 cm³/mol. The van der Waals surface area contributed by atoms with E-state index >= 15 is 0 Å². The van der Waals surface area contributed by atoms with Crippen molar-refractivity contribution in [1.82, 2.24) is 0 Å². The van der Waals surface area contributed by atoms with Crippen LogP contribution in [-0.4, -0.2) is 155 Å². The number of rotatable bonds is 26. The molecule has 4 aromatic rings. The van der Waals surface area contributed by atoms with Crippen LogP contribution in [0.5, 0.6) is 46.0 Å². The highest BCUT2D eigenvalue weighted by Gasteiger charge is 2.46. The molecule has 20 heteroatoms. The zero-order valence-corrected chi connectivity index (χ0v) is 50.8. The van der Waals surface area contributed by atoms with E-state index in [-0.39, 0.29) is 86.3 Å². The molecule has 0 spiro atoms. The SMILES string of the molecule is COc1ccc(CC2c3cc(OC)c(OC)cc3CC[N+]2(C)CC(OC(C)=O)C(=O)OCCCCCOC(=O)C(C[N+]2(C)CCc3cc(OC)c(OC)cc3C2Cc2ccc(OC)c(OC)c2)OC(C)=O)cc1OC.[I-].[I-]. The Morgan fingerprint density at radius 2 is 0.792 bits per heavy atom. The number of unbranched alkanes of at least 4 members (excludes halogenated alkanes) is 2. The number of hydrogen-bond acceptors (Lipinski definition) is 16. The molecule has 6 atom stereocenters. The second kappa shape index (κ2) is 29.5. The number of ether oxygens (including phenoxy) is 12. The minimum absolute atomic E-state index is 0. The fourth-order valence-electron chi connectivity index (χ4n) is 10.6. The molecule has 0 bridgehead atoms. The molecule has 0 saturated heterocycles. The summed E-state index contributed by atoms with van der Waals surface area (Å²) in [5, 5.41) is 0. The first-order valence-electron chi connectivity index (χ1n) is 25.2. The van der Waals surface area contributed by atoms with Crippen LogP contribution < -0.4 is 85.8 Å². The van der Waals surface area contributed by atoms with Crippen molar-refractivity contribution in [3.63, 3.8) is 0 Å². The number of likely N-dealkylation sites (N-methyl/N-ethyl adjacent to an activating group) is 2. The highest BCUT2D eigenvalue weighted by molar-refractivity contribution is 5.79. The molecule has 0 amide bonds. The number of hydrogen-bond donors (Lipinski definition) is 0. The summed E-state index contributed by atoms with van der Waals surface area (Å²) in [5.41, 5.74) is 6.19. The minimum Gasteiger partial charge on any atom is -1.00 e. The van der Waals surface area contributed by atoms with Gasteiger partial charge in [0.1, 0.15) is 25.2 Å². The van der Waals surface area contributed by atoms with Crippen LogP contribution in [0.25, 0.3) is 0 Å². The molecular formula is C57H76I2N2O16. The Balaban J connectivity index is 0.00000640. The second-order valence-electron chi connectivity index (χ2n) is 19.5. The summed E-state index contributed by atoms with van der Waals surface area (Å²) in [6.45, 7) is 4.20. The molecule has 0 N–H and O–H groups in total. The van der Waals surface area contributed by atoms with E-state index in [2.05, 4.69) is 14.1 Å². The minimum atomic E-state index is -1.19. The summed E-state index contributed by atoms with van der Waals surface area (Å²) in [5.74, 6) is 2.30. The monoisotopic (exact) mass is 1300 g/mol. The van der Waals surface area contributed by atoms with Crippen LogP contribution in [0, 0.1) is 0 Å². The van der Waals surface area contributed by atoms with E-state index in [0.717, 1.165) is 33.4 Å². The maximum absolute atomic E-state index is 13.9. The van der Waals surface area contributed by atoms with Crippen LogP contribution >= 0.6 is 0 Å². The molecule has 2 aliphatic rings. The van der Waals surface area contributed by atoms with Gasteiger partial charge in [-0.1, -0.05) is 12.1 Å². The third-order valence-electron chi connectivity index (χ3n) is 14.6. The molecular weight excluding hydrogens is 1220 g/mol. The number of esters is 4. The predicted octanol–water partition coefficient (Wildman–Crippen LogP) is 1.16. The normalized spacial score (nSPS) is 18.9. The first-order chi connectivity index (χ1) is 36.0. The molecule has 18 nitrogen and oxygen atoms in total. The van der Waals surface area contributed by atoms with Crippen molar-refractivity contribution in [2.75, 3.05) is 110 Å². The number of nitrogens with zero attached hydrogens (tertiary/aromatic N) is 2. The number of carbonyl (C=O) groups excluding carboxylic acids is 4. The summed E-state index contributed by atoms with van der Waals surface area (Å²) in [4.78, 5) is 52.8. The molecule has 0 saturated carbocycles. The van der Waals surface area contributed by atoms with Gasteiger partial charge in [-0.05, 0) is 90.0 Å². The molecule has 424 valence electrons. The molecule has 4 aromatic carbocycles. The molecule has 0 fully saturated rings. The fourth-order valence-corrected chi connectivity index (χ4v) is 10.6. The van der Waals surface area contributed by atoms with Crippen LogP contribution in [0.15, 0.2) is 60.7 Å². The third kappa shape index (κ3) is 15.9. The van der Waals surface area contributed by atoms with Gasteiger partial charge in [-0.25, -0.2) is 9.59 Å². The van der Waals surface area contributed by atoms with Crippen LogP contribution in [0.4, 0.5) is 0 Å². The van der Waals surface area contributed by atoms with Crippen LogP contribution in [0.3, 0.4) is 0 Å². The van der Waals surface area contributed by atoms with Crippen molar-refractivity contribution in [2.45, 2.75) is 83.1 Å². The zero-order chi connectivity index (χ0) is 54.5. The van der Waals surface area contributed by atoms with E-state index in [1.807, 2.05) is 60.7 Å². The van der Waals surface area contributed by atoms with Crippen molar-refractivity contribution in [2.24, 2.45) is 0 Å². The Bertz CT molecular complexity index is 2480. The van der Waals surface area contributed by atoms with Crippen molar-refractivity contribution in [3.8, 4) is 46.0 Å². The van der Waals surface area contributed by atoms with Gasteiger partial charge in [0.05, 0.1) is 97.3 Å². The molecule has 2 aliphatic heterocycles. The Labute approximate surface area is 487 Å². The van der Waals surface area contributed by atoms with Gasteiger partial charge < -0.3 is 114 Å². The smallest absolute Gasteiger partial charge is 0.353 e. The van der Waals surface area contributed by atoms with Crippen LogP contribution in [-0.2, 0) is 63.8 Å². The van der Waals surface area contributed by atoms with Crippen molar-refractivity contribution in [1.29, 1.82) is 0 Å². The van der Waals surface area contributed by atoms with E-state index < -0.39 is 36.1 Å². The first kappa shape index (κ1) is 64.1. The quantitative estimate of drug-likeness (QED) is 0.0287. The van der Waals surface area contributed by atoms with E-state index in [1.54, 1.807) is 56.9 Å². The molecule has 0 aromatic heterocycles. The number of methoxy groups -OCH3 is 8. The fraction of sp³-hybridized carbons (Fsp3) is 0.509. The summed E-state index contributed by atoms with van der Waals surface area (Å²) < 4.78 is 68.8. The largest absolute Gasteiger partial charge is 1.00 e. The molecule has 77 heavy (non-hydrogen) atoms. The Morgan fingerprint density at radius 3 is 1.12 bits per heavy atom. The lowest BCUT2D eigenvalue weighted by Gasteiger charge is -2.46.